The van der Waals surface area contributed by atoms with Crippen LogP contribution in [0.25, 0.3) is 165 Å². The molecule has 13 aromatic carbocycles. The summed E-state index contributed by atoms with van der Waals surface area (Å²) >= 11 is 0. The van der Waals surface area contributed by atoms with Crippen LogP contribution in [-0.2, 0) is 0 Å². The molecule has 0 saturated heterocycles. The molecule has 3 aromatic heterocycles. The first-order valence-corrected chi connectivity index (χ1v) is 25.0. The molecule has 3 heteroatoms. The van der Waals surface area contributed by atoms with Crippen molar-refractivity contribution < 1.29 is 13.3 Å². The number of furan rings is 3. The Kier molecular flexibility index (Phi) is 8.45. The molecular formula is C70H40O3. The van der Waals surface area contributed by atoms with Crippen molar-refractivity contribution in [3.63, 3.8) is 0 Å². The predicted octanol–water partition coefficient (Wildman–Crippen LogP) is 20.3. The van der Waals surface area contributed by atoms with E-state index in [1.165, 1.54) is 59.8 Å². The van der Waals surface area contributed by atoms with Crippen molar-refractivity contribution >= 4 is 109 Å². The maximum Gasteiger partial charge on any atom is 0.136 e. The summed E-state index contributed by atoms with van der Waals surface area (Å²) < 4.78 is 19.7. The normalized spacial score (nSPS) is 12.1. The third kappa shape index (κ3) is 5.94. The van der Waals surface area contributed by atoms with Crippen LogP contribution >= 0.6 is 0 Å². The lowest BCUT2D eigenvalue weighted by Gasteiger charge is -2.18. The lowest BCUT2D eigenvalue weighted by atomic mass is 9.84. The highest BCUT2D eigenvalue weighted by atomic mass is 16.3. The van der Waals surface area contributed by atoms with Crippen LogP contribution in [0.5, 0.6) is 0 Å². The van der Waals surface area contributed by atoms with E-state index in [-0.39, 0.29) is 0 Å². The summed E-state index contributed by atoms with van der Waals surface area (Å²) in [5, 5.41) is 16.2. The Morgan fingerprint density at radius 1 is 0.178 bits per heavy atom. The highest BCUT2D eigenvalue weighted by molar-refractivity contribution is 6.27. The third-order valence-electron chi connectivity index (χ3n) is 15.5. The molecule has 0 aliphatic carbocycles. The number of rotatable bonds is 5. The van der Waals surface area contributed by atoms with Gasteiger partial charge in [0.25, 0.3) is 0 Å². The average molecular weight is 929 g/mol. The van der Waals surface area contributed by atoms with E-state index in [2.05, 4.69) is 218 Å². The maximum absolute atomic E-state index is 7.02. The Bertz CT molecular complexity index is 4740. The quantitative estimate of drug-likeness (QED) is 0.161. The van der Waals surface area contributed by atoms with E-state index in [0.717, 1.165) is 105 Å². The van der Waals surface area contributed by atoms with Crippen molar-refractivity contribution in [1.82, 2.24) is 0 Å². The van der Waals surface area contributed by atoms with Gasteiger partial charge in [0.15, 0.2) is 0 Å². The van der Waals surface area contributed by atoms with Gasteiger partial charge in [0.05, 0.1) is 0 Å². The van der Waals surface area contributed by atoms with E-state index in [9.17, 15) is 0 Å². The van der Waals surface area contributed by atoms with Crippen LogP contribution in [0.1, 0.15) is 0 Å². The Balaban J connectivity index is 0.947. The summed E-state index contributed by atoms with van der Waals surface area (Å²) in [6.45, 7) is 0. The Morgan fingerprint density at radius 3 is 1.18 bits per heavy atom. The molecule has 3 heterocycles. The fraction of sp³-hybridized carbons (Fsp3) is 0. The minimum atomic E-state index is 0.849. The van der Waals surface area contributed by atoms with E-state index < -0.39 is 0 Å². The summed E-state index contributed by atoms with van der Waals surface area (Å²) in [5.41, 5.74) is 16.9. The van der Waals surface area contributed by atoms with Crippen molar-refractivity contribution in [2.45, 2.75) is 0 Å². The van der Waals surface area contributed by atoms with E-state index in [1.807, 2.05) is 24.3 Å². The monoisotopic (exact) mass is 928 g/mol. The van der Waals surface area contributed by atoms with Crippen LogP contribution in [-0.4, -0.2) is 0 Å². The average Bonchev–Trinajstić information content (AvgIpc) is 4.14. The van der Waals surface area contributed by atoms with E-state index in [1.54, 1.807) is 0 Å². The van der Waals surface area contributed by atoms with Crippen molar-refractivity contribution in [3.05, 3.63) is 243 Å². The molecule has 0 unspecified atom stereocenters. The van der Waals surface area contributed by atoms with Gasteiger partial charge in [-0.05, 0) is 159 Å². The number of benzene rings is 13. The topological polar surface area (TPSA) is 39.4 Å². The van der Waals surface area contributed by atoms with Gasteiger partial charge < -0.3 is 13.3 Å². The maximum atomic E-state index is 7.02. The standard InChI is InChI=1S/C70H40O3/c1-2-15-41(16-3-1)67-49-19-4-6-21-51(49)69(52-22-7-5-20-50(52)67)56-27-14-30-65-70(56)55-34-31-44(39-66(55)73-65)68-53-25-12-23-45(42-32-35-63-59(37-42)47-17-8-10-28-61(47)71-63)57(53)40-58-46(24-13-26-54(58)68)43-33-36-64-60(38-43)48-18-9-11-29-62(48)72-64/h1-40H. The molecule has 0 amide bonds. The van der Waals surface area contributed by atoms with E-state index >= 15 is 0 Å². The molecule has 0 aliphatic heterocycles. The Labute approximate surface area is 418 Å². The van der Waals surface area contributed by atoms with Gasteiger partial charge in [-0.3, -0.25) is 0 Å². The number of hydrogen-bond donors (Lipinski definition) is 0. The molecule has 0 N–H and O–H groups in total. The van der Waals surface area contributed by atoms with Crippen molar-refractivity contribution in [1.29, 1.82) is 0 Å². The zero-order chi connectivity index (χ0) is 47.7. The Hall–Kier alpha value is -9.70. The molecule has 0 saturated carbocycles. The number of hydrogen-bond acceptors (Lipinski definition) is 3. The number of fused-ring (bicyclic) bond motifs is 13. The van der Waals surface area contributed by atoms with Gasteiger partial charge in [0.2, 0.25) is 0 Å². The second kappa shape index (κ2) is 15.4. The van der Waals surface area contributed by atoms with Crippen LogP contribution < -0.4 is 0 Å². The molecule has 338 valence electrons. The van der Waals surface area contributed by atoms with E-state index in [4.69, 9.17) is 13.3 Å². The molecule has 0 aliphatic rings. The molecular weight excluding hydrogens is 889 g/mol. The van der Waals surface area contributed by atoms with Gasteiger partial charge in [0.1, 0.15) is 33.5 Å². The molecule has 0 radical (unpaired) electrons. The van der Waals surface area contributed by atoms with Crippen molar-refractivity contribution in [3.8, 4) is 55.6 Å². The lowest BCUT2D eigenvalue weighted by molar-refractivity contribution is 0.668. The van der Waals surface area contributed by atoms with Crippen LogP contribution in [0, 0.1) is 0 Å². The molecule has 16 aromatic rings. The van der Waals surface area contributed by atoms with Gasteiger partial charge in [-0.2, -0.15) is 0 Å². The van der Waals surface area contributed by atoms with Gasteiger partial charge in [-0.15, -0.1) is 0 Å². The summed E-state index contributed by atoms with van der Waals surface area (Å²) in [6.07, 6.45) is 0. The molecule has 0 fully saturated rings. The molecule has 16 rings (SSSR count). The summed E-state index contributed by atoms with van der Waals surface area (Å²) in [4.78, 5) is 0. The van der Waals surface area contributed by atoms with Crippen LogP contribution in [0.4, 0.5) is 0 Å². The van der Waals surface area contributed by atoms with Gasteiger partial charge in [0, 0.05) is 32.3 Å². The van der Waals surface area contributed by atoms with Crippen molar-refractivity contribution in [2.24, 2.45) is 0 Å². The predicted molar refractivity (Wildman–Crippen MR) is 305 cm³/mol. The van der Waals surface area contributed by atoms with Gasteiger partial charge in [-0.1, -0.05) is 182 Å². The minimum absolute atomic E-state index is 0.849. The van der Waals surface area contributed by atoms with Crippen LogP contribution in [0.2, 0.25) is 0 Å². The minimum Gasteiger partial charge on any atom is -0.456 e. The molecule has 73 heavy (non-hydrogen) atoms. The first-order valence-electron chi connectivity index (χ1n) is 25.0. The first kappa shape index (κ1) is 40.1. The summed E-state index contributed by atoms with van der Waals surface area (Å²) in [5.74, 6) is 0. The second-order valence-electron chi connectivity index (χ2n) is 19.4. The van der Waals surface area contributed by atoms with Crippen LogP contribution in [0.15, 0.2) is 256 Å². The third-order valence-corrected chi connectivity index (χ3v) is 15.5. The zero-order valence-corrected chi connectivity index (χ0v) is 39.3. The lowest BCUT2D eigenvalue weighted by Crippen LogP contribution is -1.91. The summed E-state index contributed by atoms with van der Waals surface area (Å²) in [6, 6.07) is 87.7. The largest absolute Gasteiger partial charge is 0.456 e. The number of para-hydroxylation sites is 2. The molecule has 3 nitrogen and oxygen atoms in total. The zero-order valence-electron chi connectivity index (χ0n) is 39.3. The van der Waals surface area contributed by atoms with Gasteiger partial charge in [-0.25, -0.2) is 0 Å². The van der Waals surface area contributed by atoms with Crippen molar-refractivity contribution in [2.75, 3.05) is 0 Å². The van der Waals surface area contributed by atoms with Gasteiger partial charge >= 0.3 is 0 Å². The van der Waals surface area contributed by atoms with E-state index in [0.29, 0.717) is 0 Å². The highest BCUT2D eigenvalue weighted by Gasteiger charge is 2.23. The fourth-order valence-electron chi connectivity index (χ4n) is 12.3. The first-order chi connectivity index (χ1) is 36.2. The molecule has 0 atom stereocenters. The highest BCUT2D eigenvalue weighted by Crippen LogP contribution is 2.49. The van der Waals surface area contributed by atoms with Crippen LogP contribution in [0.3, 0.4) is 0 Å². The SMILES string of the molecule is c1ccc(-c2c3ccccc3c(-c3cccc4oc5cc(-c6c7cccc(-c8ccc9oc%10ccccc%10c9c8)c7cc7c(-c8ccc9oc%10ccccc%10c9c8)cccc67)ccc5c34)c3ccccc23)cc1. The fourth-order valence-corrected chi connectivity index (χ4v) is 12.3. The molecule has 0 spiro atoms. The smallest absolute Gasteiger partial charge is 0.136 e. The molecule has 0 bridgehead atoms. The second-order valence-corrected chi connectivity index (χ2v) is 19.4. The Morgan fingerprint density at radius 2 is 0.589 bits per heavy atom. The summed E-state index contributed by atoms with van der Waals surface area (Å²) in [7, 11) is 0.